The Labute approximate surface area is 151 Å². The topological polar surface area (TPSA) is 52.7 Å². The van der Waals surface area contributed by atoms with Gasteiger partial charge in [-0.25, -0.2) is 0 Å². The van der Waals surface area contributed by atoms with Crippen LogP contribution in [0.15, 0.2) is 24.3 Å². The lowest BCUT2D eigenvalue weighted by molar-refractivity contribution is -0.139. The van der Waals surface area contributed by atoms with Gasteiger partial charge in [-0.1, -0.05) is 41.5 Å². The minimum Gasteiger partial charge on any atom is -0.368 e. The van der Waals surface area contributed by atoms with E-state index in [0.29, 0.717) is 0 Å². The van der Waals surface area contributed by atoms with Gasteiger partial charge in [-0.3, -0.25) is 9.59 Å². The zero-order valence-corrected chi connectivity index (χ0v) is 16.3. The first-order valence-corrected chi connectivity index (χ1v) is 8.94. The quantitative estimate of drug-likeness (QED) is 0.894. The molecule has 1 aromatic carbocycles. The Morgan fingerprint density at radius 3 is 1.80 bits per heavy atom. The van der Waals surface area contributed by atoms with Crippen LogP contribution in [0.4, 0.5) is 11.4 Å². The van der Waals surface area contributed by atoms with E-state index in [9.17, 15) is 9.59 Å². The van der Waals surface area contributed by atoms with E-state index in [1.807, 2.05) is 70.7 Å². The van der Waals surface area contributed by atoms with Crippen LogP contribution in [0.2, 0.25) is 0 Å². The summed E-state index contributed by atoms with van der Waals surface area (Å²) in [5, 5.41) is 2.94. The predicted molar refractivity (Wildman–Crippen MR) is 103 cm³/mol. The summed E-state index contributed by atoms with van der Waals surface area (Å²) in [5.74, 6) is 0.224. The summed E-state index contributed by atoms with van der Waals surface area (Å²) < 4.78 is 0. The number of carbonyl (C=O) groups excluding carboxylic acids is 2. The first-order chi connectivity index (χ1) is 11.5. The van der Waals surface area contributed by atoms with Gasteiger partial charge >= 0.3 is 0 Å². The second-order valence-corrected chi connectivity index (χ2v) is 8.78. The minimum absolute atomic E-state index is 0.00885. The van der Waals surface area contributed by atoms with Crippen LogP contribution in [0.25, 0.3) is 0 Å². The largest absolute Gasteiger partial charge is 0.368 e. The van der Waals surface area contributed by atoms with Gasteiger partial charge in [0.2, 0.25) is 11.8 Å². The molecule has 1 fully saturated rings. The SMILES string of the molecule is CC(C)(C)C(=O)Nc1ccc(N2CCN(C(=O)C(C)(C)C)CC2)cc1. The van der Waals surface area contributed by atoms with E-state index in [-0.39, 0.29) is 17.2 Å². The third-order valence-corrected chi connectivity index (χ3v) is 4.38. The number of piperazine rings is 1. The number of amides is 2. The second-order valence-electron chi connectivity index (χ2n) is 8.78. The van der Waals surface area contributed by atoms with Crippen molar-refractivity contribution in [3.63, 3.8) is 0 Å². The molecule has 0 atom stereocenters. The zero-order valence-electron chi connectivity index (χ0n) is 16.3. The summed E-state index contributed by atoms with van der Waals surface area (Å²) in [6.07, 6.45) is 0. The van der Waals surface area contributed by atoms with Gasteiger partial charge in [-0.05, 0) is 24.3 Å². The average Bonchev–Trinajstić information content (AvgIpc) is 2.53. The molecule has 0 aliphatic carbocycles. The molecule has 1 heterocycles. The average molecular weight is 345 g/mol. The third-order valence-electron chi connectivity index (χ3n) is 4.38. The van der Waals surface area contributed by atoms with E-state index in [0.717, 1.165) is 37.6 Å². The summed E-state index contributed by atoms with van der Waals surface area (Å²) in [6, 6.07) is 7.93. The van der Waals surface area contributed by atoms with Crippen LogP contribution in [0.1, 0.15) is 41.5 Å². The highest BCUT2D eigenvalue weighted by Crippen LogP contribution is 2.23. The molecule has 1 aliphatic rings. The lowest BCUT2D eigenvalue weighted by Crippen LogP contribution is -2.51. The molecule has 0 unspecified atom stereocenters. The van der Waals surface area contributed by atoms with Crippen LogP contribution in [0.3, 0.4) is 0 Å². The summed E-state index contributed by atoms with van der Waals surface area (Å²) in [4.78, 5) is 28.6. The van der Waals surface area contributed by atoms with Crippen LogP contribution < -0.4 is 10.2 Å². The first kappa shape index (κ1) is 19.3. The number of nitrogens with zero attached hydrogens (tertiary/aromatic N) is 2. The number of rotatable bonds is 2. The van der Waals surface area contributed by atoms with Gasteiger partial charge in [-0.2, -0.15) is 0 Å². The van der Waals surface area contributed by atoms with Gasteiger partial charge in [0.15, 0.2) is 0 Å². The highest BCUT2D eigenvalue weighted by molar-refractivity contribution is 5.94. The fraction of sp³-hybridized carbons (Fsp3) is 0.600. The lowest BCUT2D eigenvalue weighted by Gasteiger charge is -2.38. The molecule has 2 rings (SSSR count). The van der Waals surface area contributed by atoms with Crippen molar-refractivity contribution in [2.45, 2.75) is 41.5 Å². The summed E-state index contributed by atoms with van der Waals surface area (Å²) in [7, 11) is 0. The molecule has 1 saturated heterocycles. The molecular weight excluding hydrogens is 314 g/mol. The van der Waals surface area contributed by atoms with Crippen LogP contribution in [-0.2, 0) is 9.59 Å². The Hall–Kier alpha value is -2.04. The van der Waals surface area contributed by atoms with E-state index in [2.05, 4.69) is 10.2 Å². The molecule has 138 valence electrons. The van der Waals surface area contributed by atoms with Crippen molar-refractivity contribution in [2.24, 2.45) is 10.8 Å². The predicted octanol–water partition coefficient (Wildman–Crippen LogP) is 3.37. The van der Waals surface area contributed by atoms with Crippen molar-refractivity contribution in [3.8, 4) is 0 Å². The lowest BCUT2D eigenvalue weighted by atomic mass is 9.94. The Kier molecular flexibility index (Phi) is 5.45. The van der Waals surface area contributed by atoms with Crippen LogP contribution in [-0.4, -0.2) is 42.9 Å². The van der Waals surface area contributed by atoms with Crippen molar-refractivity contribution in [2.75, 3.05) is 36.4 Å². The maximum absolute atomic E-state index is 12.4. The van der Waals surface area contributed by atoms with Crippen molar-refractivity contribution in [3.05, 3.63) is 24.3 Å². The van der Waals surface area contributed by atoms with E-state index < -0.39 is 5.41 Å². The van der Waals surface area contributed by atoms with E-state index in [1.165, 1.54) is 0 Å². The van der Waals surface area contributed by atoms with Crippen LogP contribution in [0.5, 0.6) is 0 Å². The highest BCUT2D eigenvalue weighted by Gasteiger charge is 2.29. The molecule has 1 N–H and O–H groups in total. The summed E-state index contributed by atoms with van der Waals surface area (Å²) in [5.41, 5.74) is 1.20. The van der Waals surface area contributed by atoms with Gasteiger partial charge in [0.1, 0.15) is 0 Å². The Morgan fingerprint density at radius 1 is 0.840 bits per heavy atom. The molecule has 0 bridgehead atoms. The van der Waals surface area contributed by atoms with Gasteiger partial charge in [0, 0.05) is 48.4 Å². The molecule has 2 amide bonds. The molecule has 5 heteroatoms. The third kappa shape index (κ3) is 4.97. The maximum atomic E-state index is 12.4. The van der Waals surface area contributed by atoms with Crippen molar-refractivity contribution in [1.82, 2.24) is 4.90 Å². The molecule has 0 spiro atoms. The molecular formula is C20H31N3O2. The number of benzene rings is 1. The Balaban J connectivity index is 1.94. The molecule has 1 aromatic rings. The van der Waals surface area contributed by atoms with E-state index in [4.69, 9.17) is 0 Å². The Bertz CT molecular complexity index is 616. The standard InChI is InChI=1S/C20H31N3O2/c1-19(2,3)17(24)21-15-7-9-16(10-8-15)22-11-13-23(14-12-22)18(25)20(4,5)6/h7-10H,11-14H2,1-6H3,(H,21,24). The highest BCUT2D eigenvalue weighted by atomic mass is 16.2. The molecule has 0 radical (unpaired) electrons. The number of hydrogen-bond donors (Lipinski definition) is 1. The van der Waals surface area contributed by atoms with Crippen LogP contribution >= 0.6 is 0 Å². The van der Waals surface area contributed by atoms with Crippen LogP contribution in [0, 0.1) is 10.8 Å². The fourth-order valence-electron chi connectivity index (χ4n) is 2.72. The summed E-state index contributed by atoms with van der Waals surface area (Å²) >= 11 is 0. The number of carbonyl (C=O) groups is 2. The summed E-state index contributed by atoms with van der Waals surface area (Å²) in [6.45, 7) is 14.7. The number of anilines is 2. The smallest absolute Gasteiger partial charge is 0.229 e. The number of hydrogen-bond acceptors (Lipinski definition) is 3. The van der Waals surface area contributed by atoms with E-state index >= 15 is 0 Å². The normalized spacial score (nSPS) is 15.9. The maximum Gasteiger partial charge on any atom is 0.229 e. The van der Waals surface area contributed by atoms with Crippen molar-refractivity contribution < 1.29 is 9.59 Å². The van der Waals surface area contributed by atoms with Gasteiger partial charge in [-0.15, -0.1) is 0 Å². The second kappa shape index (κ2) is 7.06. The molecule has 0 aromatic heterocycles. The minimum atomic E-state index is -0.408. The molecule has 25 heavy (non-hydrogen) atoms. The molecule has 1 aliphatic heterocycles. The molecule has 5 nitrogen and oxygen atoms in total. The number of nitrogens with one attached hydrogen (secondary N) is 1. The van der Waals surface area contributed by atoms with E-state index in [1.54, 1.807) is 0 Å². The van der Waals surface area contributed by atoms with Gasteiger partial charge < -0.3 is 15.1 Å². The van der Waals surface area contributed by atoms with Gasteiger partial charge in [0.05, 0.1) is 0 Å². The van der Waals surface area contributed by atoms with Gasteiger partial charge in [0.25, 0.3) is 0 Å². The van der Waals surface area contributed by atoms with Crippen molar-refractivity contribution in [1.29, 1.82) is 0 Å². The zero-order chi connectivity index (χ0) is 18.8. The van der Waals surface area contributed by atoms with Crippen molar-refractivity contribution >= 4 is 23.2 Å². The monoisotopic (exact) mass is 345 g/mol. The first-order valence-electron chi connectivity index (χ1n) is 8.94. The Morgan fingerprint density at radius 2 is 1.36 bits per heavy atom. The fourth-order valence-corrected chi connectivity index (χ4v) is 2.72. The molecule has 0 saturated carbocycles.